The van der Waals surface area contributed by atoms with Crippen molar-refractivity contribution in [2.45, 2.75) is 32.7 Å². The smallest absolute Gasteiger partial charge is 0.251 e. The summed E-state index contributed by atoms with van der Waals surface area (Å²) in [5.41, 5.74) is 3.03. The van der Waals surface area contributed by atoms with Gasteiger partial charge in [0.25, 0.3) is 5.91 Å². The van der Waals surface area contributed by atoms with Gasteiger partial charge in [0, 0.05) is 23.8 Å². The number of rotatable bonds is 4. The van der Waals surface area contributed by atoms with Gasteiger partial charge < -0.3 is 10.6 Å². The maximum absolute atomic E-state index is 11.9. The van der Waals surface area contributed by atoms with Crippen molar-refractivity contribution < 1.29 is 4.79 Å². The fraction of sp³-hybridized carbons (Fsp3) is 0.533. The first-order valence-corrected chi connectivity index (χ1v) is 8.09. The molecule has 2 N–H and O–H groups in total. The molecule has 1 heterocycles. The van der Waals surface area contributed by atoms with E-state index >= 15 is 0 Å². The van der Waals surface area contributed by atoms with Crippen molar-refractivity contribution >= 4 is 23.4 Å². The van der Waals surface area contributed by atoms with Crippen molar-refractivity contribution in [2.75, 3.05) is 23.4 Å². The van der Waals surface area contributed by atoms with Crippen molar-refractivity contribution in [2.24, 2.45) is 0 Å². The largest absolute Gasteiger partial charge is 0.382 e. The maximum Gasteiger partial charge on any atom is 0.251 e. The Bertz CT molecular complexity index is 442. The van der Waals surface area contributed by atoms with Crippen LogP contribution < -0.4 is 10.6 Å². The standard InChI is InChI=1S/C15H22N2OS/c1-3-16-15(18)12-5-4-11(2)14(10-12)17-13-6-8-19-9-7-13/h4-5,10,13,17H,3,6-9H2,1-2H3,(H,16,18). The molecule has 104 valence electrons. The van der Waals surface area contributed by atoms with Crippen molar-refractivity contribution in [3.05, 3.63) is 29.3 Å². The summed E-state index contributed by atoms with van der Waals surface area (Å²) in [6, 6.07) is 6.43. The van der Waals surface area contributed by atoms with E-state index < -0.39 is 0 Å². The molecule has 0 unspecified atom stereocenters. The molecule has 0 aliphatic carbocycles. The van der Waals surface area contributed by atoms with E-state index in [1.807, 2.05) is 36.9 Å². The van der Waals surface area contributed by atoms with Gasteiger partial charge in [0.1, 0.15) is 0 Å². The number of thioether (sulfide) groups is 1. The van der Waals surface area contributed by atoms with Crippen LogP contribution in [0.4, 0.5) is 5.69 Å². The molecule has 1 amide bonds. The lowest BCUT2D eigenvalue weighted by Crippen LogP contribution is -2.26. The fourth-order valence-corrected chi connectivity index (χ4v) is 3.35. The highest BCUT2D eigenvalue weighted by atomic mass is 32.2. The van der Waals surface area contributed by atoms with E-state index in [-0.39, 0.29) is 5.91 Å². The van der Waals surface area contributed by atoms with Crippen LogP contribution in [-0.4, -0.2) is 30.0 Å². The minimum Gasteiger partial charge on any atom is -0.382 e. The number of hydrogen-bond acceptors (Lipinski definition) is 3. The fourth-order valence-electron chi connectivity index (χ4n) is 2.24. The minimum atomic E-state index is 0.00440. The zero-order valence-corrected chi connectivity index (χ0v) is 12.5. The van der Waals surface area contributed by atoms with Gasteiger partial charge in [0.2, 0.25) is 0 Å². The average molecular weight is 278 g/mol. The second kappa shape index (κ2) is 6.85. The van der Waals surface area contributed by atoms with Gasteiger partial charge in [-0.2, -0.15) is 11.8 Å². The maximum atomic E-state index is 11.9. The lowest BCUT2D eigenvalue weighted by atomic mass is 10.1. The number of amides is 1. The third-order valence-corrected chi connectivity index (χ3v) is 4.47. The zero-order valence-electron chi connectivity index (χ0n) is 11.7. The third kappa shape index (κ3) is 3.90. The zero-order chi connectivity index (χ0) is 13.7. The number of nitrogens with one attached hydrogen (secondary N) is 2. The molecule has 0 aromatic heterocycles. The lowest BCUT2D eigenvalue weighted by Gasteiger charge is -2.24. The van der Waals surface area contributed by atoms with Gasteiger partial charge in [-0.3, -0.25) is 4.79 Å². The van der Waals surface area contributed by atoms with Gasteiger partial charge in [-0.1, -0.05) is 6.07 Å². The molecule has 1 fully saturated rings. The van der Waals surface area contributed by atoms with Crippen LogP contribution in [0.25, 0.3) is 0 Å². The molecule has 1 saturated heterocycles. The van der Waals surface area contributed by atoms with E-state index in [0.717, 1.165) is 11.3 Å². The molecule has 1 aromatic rings. The van der Waals surface area contributed by atoms with E-state index in [1.54, 1.807) is 0 Å². The SMILES string of the molecule is CCNC(=O)c1ccc(C)c(NC2CCSCC2)c1. The Hall–Kier alpha value is -1.16. The Kier molecular flexibility index (Phi) is 5.14. The van der Waals surface area contributed by atoms with E-state index in [1.165, 1.54) is 29.9 Å². The molecule has 0 atom stereocenters. The molecule has 1 aliphatic rings. The van der Waals surface area contributed by atoms with Gasteiger partial charge in [-0.05, 0) is 55.9 Å². The molecule has 0 bridgehead atoms. The number of anilines is 1. The first-order chi connectivity index (χ1) is 9.20. The van der Waals surface area contributed by atoms with Crippen LogP contribution in [0.1, 0.15) is 35.7 Å². The monoisotopic (exact) mass is 278 g/mol. The highest BCUT2D eigenvalue weighted by molar-refractivity contribution is 7.99. The Balaban J connectivity index is 2.10. The first-order valence-electron chi connectivity index (χ1n) is 6.94. The Morgan fingerprint density at radius 3 is 2.79 bits per heavy atom. The average Bonchev–Trinajstić information content (AvgIpc) is 2.42. The van der Waals surface area contributed by atoms with Crippen LogP contribution in [0.5, 0.6) is 0 Å². The summed E-state index contributed by atoms with van der Waals surface area (Å²) < 4.78 is 0. The van der Waals surface area contributed by atoms with Crippen molar-refractivity contribution in [1.29, 1.82) is 0 Å². The topological polar surface area (TPSA) is 41.1 Å². The van der Waals surface area contributed by atoms with Gasteiger partial charge in [0.15, 0.2) is 0 Å². The van der Waals surface area contributed by atoms with Gasteiger partial charge in [-0.25, -0.2) is 0 Å². The number of benzene rings is 1. The van der Waals surface area contributed by atoms with E-state index in [2.05, 4.69) is 17.6 Å². The molecule has 0 saturated carbocycles. The van der Waals surface area contributed by atoms with E-state index in [4.69, 9.17) is 0 Å². The molecule has 1 aliphatic heterocycles. The Morgan fingerprint density at radius 2 is 2.11 bits per heavy atom. The summed E-state index contributed by atoms with van der Waals surface area (Å²) in [7, 11) is 0. The van der Waals surface area contributed by atoms with Crippen LogP contribution in [0, 0.1) is 6.92 Å². The van der Waals surface area contributed by atoms with Crippen molar-refractivity contribution in [3.8, 4) is 0 Å². The predicted octanol–water partition coefficient (Wildman–Crippen LogP) is 3.05. The first kappa shape index (κ1) is 14.3. The minimum absolute atomic E-state index is 0.00440. The van der Waals surface area contributed by atoms with Crippen molar-refractivity contribution in [1.82, 2.24) is 5.32 Å². The second-order valence-corrected chi connectivity index (χ2v) is 6.14. The molecule has 19 heavy (non-hydrogen) atoms. The quantitative estimate of drug-likeness (QED) is 0.889. The molecule has 4 heteroatoms. The van der Waals surface area contributed by atoms with Crippen LogP contribution in [0.2, 0.25) is 0 Å². The summed E-state index contributed by atoms with van der Waals surface area (Å²) in [6.45, 7) is 4.68. The summed E-state index contributed by atoms with van der Waals surface area (Å²) >= 11 is 2.02. The number of aryl methyl sites for hydroxylation is 1. The molecule has 0 spiro atoms. The molecule has 3 nitrogen and oxygen atoms in total. The molecular formula is C15H22N2OS. The van der Waals surface area contributed by atoms with Crippen LogP contribution in [0.3, 0.4) is 0 Å². The summed E-state index contributed by atoms with van der Waals surface area (Å²) in [5, 5.41) is 6.44. The second-order valence-electron chi connectivity index (χ2n) is 4.92. The van der Waals surface area contributed by atoms with Gasteiger partial charge in [0.05, 0.1) is 0 Å². The van der Waals surface area contributed by atoms with Crippen LogP contribution in [-0.2, 0) is 0 Å². The van der Waals surface area contributed by atoms with E-state index in [9.17, 15) is 4.79 Å². The molecular weight excluding hydrogens is 256 g/mol. The highest BCUT2D eigenvalue weighted by Gasteiger charge is 2.15. The van der Waals surface area contributed by atoms with Crippen molar-refractivity contribution in [3.63, 3.8) is 0 Å². The van der Waals surface area contributed by atoms with Crippen LogP contribution in [0.15, 0.2) is 18.2 Å². The van der Waals surface area contributed by atoms with Crippen LogP contribution >= 0.6 is 11.8 Å². The third-order valence-electron chi connectivity index (χ3n) is 3.42. The van der Waals surface area contributed by atoms with Gasteiger partial charge >= 0.3 is 0 Å². The van der Waals surface area contributed by atoms with Gasteiger partial charge in [-0.15, -0.1) is 0 Å². The van der Waals surface area contributed by atoms with E-state index in [0.29, 0.717) is 12.6 Å². The lowest BCUT2D eigenvalue weighted by molar-refractivity contribution is 0.0956. The summed E-state index contributed by atoms with van der Waals surface area (Å²) in [4.78, 5) is 11.9. The number of hydrogen-bond donors (Lipinski definition) is 2. The number of carbonyl (C=O) groups is 1. The predicted molar refractivity (Wildman–Crippen MR) is 83.2 cm³/mol. The summed E-state index contributed by atoms with van der Waals surface area (Å²) in [5.74, 6) is 2.46. The highest BCUT2D eigenvalue weighted by Crippen LogP contribution is 2.23. The Labute approximate surface area is 119 Å². The molecule has 1 aromatic carbocycles. The molecule has 0 radical (unpaired) electrons. The Morgan fingerprint density at radius 1 is 1.37 bits per heavy atom. The molecule has 2 rings (SSSR count). The summed E-state index contributed by atoms with van der Waals surface area (Å²) in [6.07, 6.45) is 2.41. The number of carbonyl (C=O) groups excluding carboxylic acids is 1. The normalized spacial score (nSPS) is 16.1.